The normalized spacial score (nSPS) is 27.0. The number of rotatable bonds is 2. The van der Waals surface area contributed by atoms with Crippen molar-refractivity contribution in [2.45, 2.75) is 38.1 Å². The molecule has 1 heterocycles. The fraction of sp³-hybridized carbons (Fsp3) is 0.571. The smallest absolute Gasteiger partial charge is 0.0551 e. The number of hydrogen-bond acceptors (Lipinski definition) is 1. The predicted octanol–water partition coefficient (Wildman–Crippen LogP) is 4.16. The number of aryl methyl sites for hydroxylation is 2. The molecule has 2 heteroatoms. The number of benzene rings is 1. The van der Waals surface area contributed by atoms with Gasteiger partial charge in [0.2, 0.25) is 0 Å². The zero-order chi connectivity index (χ0) is 11.7. The lowest BCUT2D eigenvalue weighted by atomic mass is 9.93. The van der Waals surface area contributed by atoms with Crippen LogP contribution in [0.25, 0.3) is 0 Å². The second kappa shape index (κ2) is 4.89. The van der Waals surface area contributed by atoms with Crippen molar-refractivity contribution in [1.82, 2.24) is 0 Å². The van der Waals surface area contributed by atoms with Crippen molar-refractivity contribution in [3.8, 4) is 0 Å². The Kier molecular flexibility index (Phi) is 3.70. The van der Waals surface area contributed by atoms with E-state index in [2.05, 4.69) is 54.9 Å². The molecular weight excluding hydrogens is 264 g/mol. The monoisotopic (exact) mass is 282 g/mol. The molecule has 16 heavy (non-hydrogen) atoms. The third-order valence-electron chi connectivity index (χ3n) is 3.38. The third-order valence-corrected chi connectivity index (χ3v) is 4.62. The van der Waals surface area contributed by atoms with Crippen LogP contribution in [0.1, 0.15) is 34.9 Å². The number of halogens is 1. The zero-order valence-corrected chi connectivity index (χ0v) is 11.8. The summed E-state index contributed by atoms with van der Waals surface area (Å²) < 4.78 is 5.65. The maximum atomic E-state index is 5.65. The lowest BCUT2D eigenvalue weighted by Gasteiger charge is -2.19. The molecule has 0 N–H and O–H groups in total. The van der Waals surface area contributed by atoms with Gasteiger partial charge in [-0.25, -0.2) is 0 Å². The number of alkyl halides is 1. The van der Waals surface area contributed by atoms with Gasteiger partial charge in [-0.05, 0) is 38.3 Å². The number of ether oxygens (including phenoxy) is 1. The van der Waals surface area contributed by atoms with E-state index >= 15 is 0 Å². The predicted molar refractivity (Wildman–Crippen MR) is 71.1 cm³/mol. The molecule has 1 aliphatic heterocycles. The van der Waals surface area contributed by atoms with Gasteiger partial charge in [-0.1, -0.05) is 39.7 Å². The van der Waals surface area contributed by atoms with Crippen LogP contribution in [-0.4, -0.2) is 12.7 Å². The summed E-state index contributed by atoms with van der Waals surface area (Å²) in [4.78, 5) is 0.428. The minimum atomic E-state index is 0.412. The van der Waals surface area contributed by atoms with Crippen LogP contribution >= 0.6 is 15.9 Å². The maximum absolute atomic E-state index is 5.65. The zero-order valence-electron chi connectivity index (χ0n) is 10.2. The SMILES string of the molecule is Cc1ccc(C)c(C(Br)C2COC(C)C2)c1. The molecule has 1 aliphatic rings. The van der Waals surface area contributed by atoms with E-state index < -0.39 is 0 Å². The Labute approximate surface area is 106 Å². The Hall–Kier alpha value is -0.340. The van der Waals surface area contributed by atoms with Gasteiger partial charge in [0, 0.05) is 10.7 Å². The van der Waals surface area contributed by atoms with E-state index in [1.807, 2.05) is 0 Å². The first-order chi connectivity index (χ1) is 7.58. The number of hydrogen-bond donors (Lipinski definition) is 0. The summed E-state index contributed by atoms with van der Waals surface area (Å²) >= 11 is 3.85. The highest BCUT2D eigenvalue weighted by Gasteiger charge is 2.29. The second-order valence-corrected chi connectivity index (χ2v) is 5.89. The average molecular weight is 283 g/mol. The van der Waals surface area contributed by atoms with Gasteiger partial charge in [0.15, 0.2) is 0 Å². The standard InChI is InChI=1S/C14H19BrO/c1-9-4-5-10(2)13(6-9)14(15)12-7-11(3)16-8-12/h4-6,11-12,14H,7-8H2,1-3H3. The van der Waals surface area contributed by atoms with E-state index in [0.717, 1.165) is 13.0 Å². The Morgan fingerprint density at radius 3 is 2.75 bits per heavy atom. The van der Waals surface area contributed by atoms with E-state index in [1.54, 1.807) is 0 Å². The average Bonchev–Trinajstić information content (AvgIpc) is 2.67. The van der Waals surface area contributed by atoms with Crippen molar-refractivity contribution in [2.24, 2.45) is 5.92 Å². The summed E-state index contributed by atoms with van der Waals surface area (Å²) in [7, 11) is 0. The van der Waals surface area contributed by atoms with Crippen LogP contribution in [0.4, 0.5) is 0 Å². The molecule has 88 valence electrons. The van der Waals surface area contributed by atoms with Crippen LogP contribution in [0.15, 0.2) is 18.2 Å². The Morgan fingerprint density at radius 2 is 2.12 bits per heavy atom. The minimum Gasteiger partial charge on any atom is -0.378 e. The van der Waals surface area contributed by atoms with Crippen molar-refractivity contribution in [1.29, 1.82) is 0 Å². The molecule has 0 aromatic heterocycles. The molecule has 1 fully saturated rings. The molecule has 0 saturated carbocycles. The van der Waals surface area contributed by atoms with Gasteiger partial charge in [-0.15, -0.1) is 0 Å². The first kappa shape index (κ1) is 12.1. The molecule has 3 atom stereocenters. The quantitative estimate of drug-likeness (QED) is 0.740. The molecule has 0 spiro atoms. The van der Waals surface area contributed by atoms with E-state index in [4.69, 9.17) is 4.74 Å². The third kappa shape index (κ3) is 2.49. The van der Waals surface area contributed by atoms with Crippen LogP contribution < -0.4 is 0 Å². The van der Waals surface area contributed by atoms with Crippen molar-refractivity contribution >= 4 is 15.9 Å². The van der Waals surface area contributed by atoms with Crippen LogP contribution in [0.2, 0.25) is 0 Å². The second-order valence-electron chi connectivity index (χ2n) is 4.90. The molecular formula is C14H19BrO. The summed E-state index contributed by atoms with van der Waals surface area (Å²) in [5, 5.41) is 0. The van der Waals surface area contributed by atoms with Gasteiger partial charge < -0.3 is 4.74 Å². The van der Waals surface area contributed by atoms with Crippen LogP contribution in [0.5, 0.6) is 0 Å². The highest BCUT2D eigenvalue weighted by molar-refractivity contribution is 9.09. The molecule has 3 unspecified atom stereocenters. The van der Waals surface area contributed by atoms with Crippen LogP contribution in [-0.2, 0) is 4.74 Å². The van der Waals surface area contributed by atoms with Crippen molar-refractivity contribution in [3.05, 3.63) is 34.9 Å². The highest BCUT2D eigenvalue weighted by Crippen LogP contribution is 2.39. The van der Waals surface area contributed by atoms with Crippen LogP contribution in [0.3, 0.4) is 0 Å². The maximum Gasteiger partial charge on any atom is 0.0551 e. The molecule has 1 saturated heterocycles. The van der Waals surface area contributed by atoms with E-state index in [9.17, 15) is 0 Å². The molecule has 0 amide bonds. The Balaban J connectivity index is 2.20. The van der Waals surface area contributed by atoms with Gasteiger partial charge in [0.05, 0.1) is 12.7 Å². The van der Waals surface area contributed by atoms with E-state index in [0.29, 0.717) is 16.8 Å². The molecule has 0 aliphatic carbocycles. The largest absolute Gasteiger partial charge is 0.378 e. The molecule has 0 radical (unpaired) electrons. The van der Waals surface area contributed by atoms with Gasteiger partial charge in [0.1, 0.15) is 0 Å². The highest BCUT2D eigenvalue weighted by atomic mass is 79.9. The summed E-state index contributed by atoms with van der Waals surface area (Å²) in [6, 6.07) is 6.67. The van der Waals surface area contributed by atoms with E-state index in [1.165, 1.54) is 16.7 Å². The lowest BCUT2D eigenvalue weighted by molar-refractivity contribution is 0.120. The van der Waals surface area contributed by atoms with Crippen molar-refractivity contribution < 1.29 is 4.74 Å². The summed E-state index contributed by atoms with van der Waals surface area (Å²) in [5.74, 6) is 0.607. The molecule has 1 aromatic carbocycles. The lowest BCUT2D eigenvalue weighted by Crippen LogP contribution is -2.09. The van der Waals surface area contributed by atoms with Gasteiger partial charge in [-0.3, -0.25) is 0 Å². The van der Waals surface area contributed by atoms with Gasteiger partial charge in [-0.2, -0.15) is 0 Å². The first-order valence-electron chi connectivity index (χ1n) is 5.90. The summed E-state index contributed by atoms with van der Waals surface area (Å²) in [6.45, 7) is 7.37. The van der Waals surface area contributed by atoms with Gasteiger partial charge in [0.25, 0.3) is 0 Å². The summed E-state index contributed by atoms with van der Waals surface area (Å²) in [6.07, 6.45) is 1.57. The topological polar surface area (TPSA) is 9.23 Å². The Bertz CT molecular complexity index is 375. The Morgan fingerprint density at radius 1 is 1.38 bits per heavy atom. The molecule has 2 rings (SSSR count). The van der Waals surface area contributed by atoms with Crippen LogP contribution in [0, 0.1) is 19.8 Å². The minimum absolute atomic E-state index is 0.412. The fourth-order valence-electron chi connectivity index (χ4n) is 2.37. The first-order valence-corrected chi connectivity index (χ1v) is 6.82. The van der Waals surface area contributed by atoms with Gasteiger partial charge >= 0.3 is 0 Å². The fourth-order valence-corrected chi connectivity index (χ4v) is 3.23. The molecule has 0 bridgehead atoms. The molecule has 1 aromatic rings. The summed E-state index contributed by atoms with van der Waals surface area (Å²) in [5.41, 5.74) is 4.12. The molecule has 1 nitrogen and oxygen atoms in total. The van der Waals surface area contributed by atoms with E-state index in [-0.39, 0.29) is 0 Å². The van der Waals surface area contributed by atoms with Crippen molar-refractivity contribution in [3.63, 3.8) is 0 Å². The van der Waals surface area contributed by atoms with Crippen molar-refractivity contribution in [2.75, 3.05) is 6.61 Å².